The van der Waals surface area contributed by atoms with E-state index in [0.717, 1.165) is 14.7 Å². The summed E-state index contributed by atoms with van der Waals surface area (Å²) in [6.45, 7) is 4.74. The molecule has 0 saturated carbocycles. The van der Waals surface area contributed by atoms with Crippen molar-refractivity contribution in [3.05, 3.63) is 46.3 Å². The summed E-state index contributed by atoms with van der Waals surface area (Å²) in [6, 6.07) is 10.2. The van der Waals surface area contributed by atoms with Gasteiger partial charge in [0.1, 0.15) is 6.10 Å². The highest BCUT2D eigenvalue weighted by Gasteiger charge is 2.12. The molecule has 4 nitrogen and oxygen atoms in total. The molecule has 1 aromatic heterocycles. The van der Waals surface area contributed by atoms with Gasteiger partial charge in [0, 0.05) is 34.2 Å². The first-order chi connectivity index (χ1) is 10.1. The number of aliphatic hydroxyl groups is 1. The molecule has 1 unspecified atom stereocenters. The lowest BCUT2D eigenvalue weighted by molar-refractivity contribution is 0.184. The molecule has 0 saturated heterocycles. The van der Waals surface area contributed by atoms with Crippen LogP contribution in [0.2, 0.25) is 0 Å². The lowest BCUT2D eigenvalue weighted by Crippen LogP contribution is -2.39. The molecule has 1 heterocycles. The molecule has 0 aliphatic carbocycles. The van der Waals surface area contributed by atoms with Crippen molar-refractivity contribution in [3.63, 3.8) is 0 Å². The van der Waals surface area contributed by atoms with Gasteiger partial charge < -0.3 is 15.7 Å². The Hall–Kier alpha value is -1.37. The Morgan fingerprint density at radius 1 is 1.43 bits per heavy atom. The number of benzene rings is 1. The van der Waals surface area contributed by atoms with Gasteiger partial charge in [-0.15, -0.1) is 11.3 Å². The van der Waals surface area contributed by atoms with Gasteiger partial charge >= 0.3 is 0 Å². The third-order valence-corrected chi connectivity index (χ3v) is 4.40. The Bertz CT molecular complexity index is 620. The van der Waals surface area contributed by atoms with E-state index in [1.807, 2.05) is 18.2 Å². The van der Waals surface area contributed by atoms with E-state index in [0.29, 0.717) is 19.0 Å². The lowest BCUT2D eigenvalue weighted by atomic mass is 10.2. The second-order valence-electron chi connectivity index (χ2n) is 4.53. The molecular weight excluding hydrogens is 350 g/mol. The molecule has 0 aliphatic rings. The van der Waals surface area contributed by atoms with E-state index in [1.54, 1.807) is 18.4 Å². The van der Waals surface area contributed by atoms with E-state index in [4.69, 9.17) is 0 Å². The van der Waals surface area contributed by atoms with Gasteiger partial charge in [-0.25, -0.2) is 0 Å². The van der Waals surface area contributed by atoms with Crippen molar-refractivity contribution in [3.8, 4) is 0 Å². The summed E-state index contributed by atoms with van der Waals surface area (Å²) in [5.41, 5.74) is 0. The number of hydrogen-bond donors (Lipinski definition) is 3. The number of nitrogens with zero attached hydrogens (tertiary/aromatic N) is 1. The predicted molar refractivity (Wildman–Crippen MR) is 94.2 cm³/mol. The van der Waals surface area contributed by atoms with Gasteiger partial charge in [0.15, 0.2) is 5.96 Å². The first-order valence-electron chi connectivity index (χ1n) is 6.54. The van der Waals surface area contributed by atoms with Crippen LogP contribution in [-0.2, 0) is 0 Å². The molecule has 0 amide bonds. The van der Waals surface area contributed by atoms with Crippen LogP contribution in [0.1, 0.15) is 11.0 Å². The van der Waals surface area contributed by atoms with E-state index in [1.165, 1.54) is 4.70 Å². The van der Waals surface area contributed by atoms with Crippen LogP contribution < -0.4 is 10.6 Å². The fourth-order valence-corrected chi connectivity index (χ4v) is 3.05. The van der Waals surface area contributed by atoms with Gasteiger partial charge in [0.05, 0.1) is 0 Å². The molecule has 1 aromatic carbocycles. The molecule has 6 heteroatoms. The zero-order chi connectivity index (χ0) is 15.2. The van der Waals surface area contributed by atoms with Crippen LogP contribution in [-0.4, -0.2) is 31.2 Å². The van der Waals surface area contributed by atoms with E-state index in [9.17, 15) is 5.11 Å². The summed E-state index contributed by atoms with van der Waals surface area (Å²) in [4.78, 5) is 5.04. The number of halogens is 1. The van der Waals surface area contributed by atoms with Crippen LogP contribution in [0.15, 0.2) is 46.4 Å². The fraction of sp³-hybridized carbons (Fsp3) is 0.267. The molecule has 0 fully saturated rings. The van der Waals surface area contributed by atoms with Crippen LogP contribution in [0.4, 0.5) is 0 Å². The van der Waals surface area contributed by atoms with Crippen LogP contribution in [0, 0.1) is 0 Å². The van der Waals surface area contributed by atoms with Gasteiger partial charge in [0.2, 0.25) is 0 Å². The van der Waals surface area contributed by atoms with E-state index in [-0.39, 0.29) is 0 Å². The van der Waals surface area contributed by atoms with Gasteiger partial charge in [-0.1, -0.05) is 40.7 Å². The maximum Gasteiger partial charge on any atom is 0.191 e. The average Bonchev–Trinajstić information content (AvgIpc) is 2.91. The van der Waals surface area contributed by atoms with E-state index >= 15 is 0 Å². The van der Waals surface area contributed by atoms with E-state index in [2.05, 4.69) is 50.3 Å². The Balaban J connectivity index is 1.94. The van der Waals surface area contributed by atoms with Crippen molar-refractivity contribution in [2.75, 3.05) is 20.1 Å². The largest absolute Gasteiger partial charge is 0.386 e. The minimum absolute atomic E-state index is 0.404. The molecule has 0 bridgehead atoms. The number of nitrogens with one attached hydrogen (secondary N) is 2. The average molecular weight is 368 g/mol. The highest BCUT2D eigenvalue weighted by molar-refractivity contribution is 9.11. The van der Waals surface area contributed by atoms with Gasteiger partial charge in [0.25, 0.3) is 0 Å². The molecule has 1 atom stereocenters. The van der Waals surface area contributed by atoms with Crippen molar-refractivity contribution in [1.29, 1.82) is 0 Å². The number of fused-ring (bicyclic) bond motifs is 1. The molecule has 0 spiro atoms. The summed E-state index contributed by atoms with van der Waals surface area (Å²) in [7, 11) is 1.69. The topological polar surface area (TPSA) is 56.7 Å². The second kappa shape index (κ2) is 7.59. The summed E-state index contributed by atoms with van der Waals surface area (Å²) in [5, 5.41) is 17.6. The smallest absolute Gasteiger partial charge is 0.191 e. The standard InChI is InChI=1S/C15H18BrN3OS/c1-10(16)8-18-15(17-2)19-9-12(20)14-7-11-5-3-4-6-13(11)21-14/h3-7,12,20H,1,8-9H2,2H3,(H2,17,18,19). The molecule has 0 aliphatic heterocycles. The third kappa shape index (κ3) is 4.56. The number of aliphatic imine (C=N–C) groups is 1. The van der Waals surface area contributed by atoms with Gasteiger partial charge in [-0.3, -0.25) is 4.99 Å². The highest BCUT2D eigenvalue weighted by atomic mass is 79.9. The number of thiophene rings is 1. The Kier molecular flexibility index (Phi) is 5.78. The summed E-state index contributed by atoms with van der Waals surface area (Å²) in [6.07, 6.45) is -0.562. The van der Waals surface area contributed by atoms with Crippen molar-refractivity contribution >= 4 is 43.3 Å². The monoisotopic (exact) mass is 367 g/mol. The fourth-order valence-electron chi connectivity index (χ4n) is 1.86. The normalized spacial score (nSPS) is 13.2. The van der Waals surface area contributed by atoms with Crippen molar-refractivity contribution in [2.45, 2.75) is 6.10 Å². The van der Waals surface area contributed by atoms with Crippen molar-refractivity contribution in [2.24, 2.45) is 4.99 Å². The number of rotatable bonds is 5. The molecule has 2 rings (SSSR count). The molecule has 0 radical (unpaired) electrons. The van der Waals surface area contributed by atoms with Crippen LogP contribution >= 0.6 is 27.3 Å². The van der Waals surface area contributed by atoms with E-state index < -0.39 is 6.10 Å². The first kappa shape index (κ1) is 16.0. The molecule has 112 valence electrons. The number of aliphatic hydroxyl groups excluding tert-OH is 1. The summed E-state index contributed by atoms with van der Waals surface area (Å²) < 4.78 is 2.03. The minimum atomic E-state index is -0.562. The zero-order valence-corrected chi connectivity index (χ0v) is 14.2. The molecule has 2 aromatic rings. The summed E-state index contributed by atoms with van der Waals surface area (Å²) >= 11 is 4.89. The predicted octanol–water partition coefficient (Wildman–Crippen LogP) is 3.01. The van der Waals surface area contributed by atoms with Crippen LogP contribution in [0.25, 0.3) is 10.1 Å². The van der Waals surface area contributed by atoms with Crippen LogP contribution in [0.5, 0.6) is 0 Å². The zero-order valence-electron chi connectivity index (χ0n) is 11.8. The van der Waals surface area contributed by atoms with Crippen molar-refractivity contribution in [1.82, 2.24) is 10.6 Å². The Morgan fingerprint density at radius 3 is 2.86 bits per heavy atom. The Labute approximate surface area is 136 Å². The Morgan fingerprint density at radius 2 is 2.19 bits per heavy atom. The van der Waals surface area contributed by atoms with Crippen molar-refractivity contribution < 1.29 is 5.11 Å². The molecule has 21 heavy (non-hydrogen) atoms. The molecular formula is C15H18BrN3OS. The second-order valence-corrected chi connectivity index (χ2v) is 6.76. The minimum Gasteiger partial charge on any atom is -0.386 e. The molecule has 3 N–H and O–H groups in total. The third-order valence-electron chi connectivity index (χ3n) is 2.91. The van der Waals surface area contributed by atoms with Crippen LogP contribution in [0.3, 0.4) is 0 Å². The SMILES string of the molecule is C=C(Br)CNC(=NC)NCC(O)c1cc2ccccc2s1. The van der Waals surface area contributed by atoms with Gasteiger partial charge in [-0.2, -0.15) is 0 Å². The highest BCUT2D eigenvalue weighted by Crippen LogP contribution is 2.29. The number of hydrogen-bond acceptors (Lipinski definition) is 3. The lowest BCUT2D eigenvalue weighted by Gasteiger charge is -2.14. The van der Waals surface area contributed by atoms with Gasteiger partial charge in [-0.05, 0) is 17.5 Å². The maximum atomic E-state index is 10.3. The first-order valence-corrected chi connectivity index (χ1v) is 8.15. The quantitative estimate of drug-likeness (QED) is 0.562. The maximum absolute atomic E-state index is 10.3. The summed E-state index contributed by atoms with van der Waals surface area (Å²) in [5.74, 6) is 0.635. The number of guanidine groups is 1.